The highest BCUT2D eigenvalue weighted by Crippen LogP contribution is 2.30. The molecule has 2 N–H and O–H groups in total. The molecule has 0 aliphatic rings. The summed E-state index contributed by atoms with van der Waals surface area (Å²) in [6.45, 7) is 11.8. The van der Waals surface area contributed by atoms with Crippen molar-refractivity contribution in [2.75, 3.05) is 0 Å². The van der Waals surface area contributed by atoms with Crippen LogP contribution in [0.5, 0.6) is 0 Å². The lowest BCUT2D eigenvalue weighted by Gasteiger charge is -2.35. The van der Waals surface area contributed by atoms with E-state index >= 15 is 0 Å². The lowest BCUT2D eigenvalue weighted by atomic mass is 9.95. The van der Waals surface area contributed by atoms with Crippen LogP contribution < -0.4 is 5.32 Å². The Hall–Kier alpha value is -1.85. The number of halogens is 4. The zero-order valence-electron chi connectivity index (χ0n) is 15.7. The topological polar surface area (TPSA) is 78.4 Å². The van der Waals surface area contributed by atoms with Gasteiger partial charge in [-0.05, 0) is 12.3 Å². The highest BCUT2D eigenvalue weighted by Gasteiger charge is 2.35. The molecule has 0 aliphatic carbocycles. The molecule has 10 heteroatoms. The Kier molecular flexibility index (Phi) is 9.18. The second kappa shape index (κ2) is 10.6. The first kappa shape index (κ1) is 24.2. The van der Waals surface area contributed by atoms with Gasteiger partial charge in [0.05, 0.1) is 40.8 Å². The fourth-order valence-electron chi connectivity index (χ4n) is 2.47. The largest absolute Gasteiger partial charge is 0.480 e. The van der Waals surface area contributed by atoms with E-state index in [4.69, 9.17) is 0 Å². The van der Waals surface area contributed by atoms with Crippen LogP contribution in [0.15, 0.2) is 37.4 Å². The summed E-state index contributed by atoms with van der Waals surface area (Å²) in [5.41, 5.74) is 1.33. The van der Waals surface area contributed by atoms with Crippen molar-refractivity contribution in [2.45, 2.75) is 51.4 Å². The molecule has 0 aromatic carbocycles. The van der Waals surface area contributed by atoms with Crippen LogP contribution in [0.1, 0.15) is 38.8 Å². The minimum atomic E-state index is -4.43. The van der Waals surface area contributed by atoms with Crippen LogP contribution in [0.25, 0.3) is 5.70 Å². The van der Waals surface area contributed by atoms with E-state index in [2.05, 4.69) is 28.4 Å². The van der Waals surface area contributed by atoms with E-state index in [1.165, 1.54) is 21.7 Å². The second-order valence-electron chi connectivity index (χ2n) is 6.39. The number of hydrogen-bond acceptors (Lipinski definition) is 5. The van der Waals surface area contributed by atoms with Gasteiger partial charge in [-0.1, -0.05) is 33.4 Å². The number of nitrogens with one attached hydrogen (secondary N) is 1. The molecule has 0 saturated heterocycles. The Balaban J connectivity index is 3.00. The van der Waals surface area contributed by atoms with Gasteiger partial charge in [0.2, 0.25) is 0 Å². The van der Waals surface area contributed by atoms with Gasteiger partial charge in [0, 0.05) is 24.5 Å². The van der Waals surface area contributed by atoms with Crippen LogP contribution in [0.3, 0.4) is 0 Å². The Bertz CT molecular complexity index is 685. The van der Waals surface area contributed by atoms with Gasteiger partial charge in [0.15, 0.2) is 0 Å². The summed E-state index contributed by atoms with van der Waals surface area (Å²) in [5, 5.41) is 12.6. The number of alkyl halides is 3. The molecule has 0 spiro atoms. The van der Waals surface area contributed by atoms with E-state index < -0.39 is 37.1 Å². The van der Waals surface area contributed by atoms with Gasteiger partial charge in [0.25, 0.3) is 0 Å². The third kappa shape index (κ3) is 7.28. The molecular formula is C18H24F3IN4O2. The van der Waals surface area contributed by atoms with Crippen LogP contribution in [0.4, 0.5) is 13.2 Å². The van der Waals surface area contributed by atoms with Crippen LogP contribution in [-0.4, -0.2) is 42.4 Å². The molecule has 28 heavy (non-hydrogen) atoms. The van der Waals surface area contributed by atoms with Gasteiger partial charge >= 0.3 is 12.1 Å². The zero-order chi connectivity index (χ0) is 21.5. The molecule has 0 radical (unpaired) electrons. The fourth-order valence-corrected chi connectivity index (χ4v) is 3.29. The maximum Gasteiger partial charge on any atom is 0.389 e. The van der Waals surface area contributed by atoms with Gasteiger partial charge in [0.1, 0.15) is 11.7 Å². The van der Waals surface area contributed by atoms with Crippen molar-refractivity contribution in [3.63, 3.8) is 0 Å². The predicted octanol–water partition coefficient (Wildman–Crippen LogP) is 4.41. The number of hydrogen-bond donors (Lipinski definition) is 2. The highest BCUT2D eigenvalue weighted by atomic mass is 127. The minimum Gasteiger partial charge on any atom is -0.480 e. The molecule has 156 valence electrons. The summed E-state index contributed by atoms with van der Waals surface area (Å²) < 4.78 is 39.0. The van der Waals surface area contributed by atoms with Crippen molar-refractivity contribution in [3.8, 4) is 0 Å². The molecule has 6 nitrogen and oxygen atoms in total. The molecule has 1 heterocycles. The van der Waals surface area contributed by atoms with E-state index in [0.717, 1.165) is 6.42 Å². The SMILES string of the molecule is C=C(NC(C(=C)N(I)[C@@H](CCC(F)(F)F)C(=O)O)[C@@H](C)CC)c1cnccn1. The average Bonchev–Trinajstić information content (AvgIpc) is 2.64. The van der Waals surface area contributed by atoms with E-state index in [-0.39, 0.29) is 5.92 Å². The van der Waals surface area contributed by atoms with Crippen molar-refractivity contribution in [1.29, 1.82) is 0 Å². The van der Waals surface area contributed by atoms with Crippen molar-refractivity contribution in [3.05, 3.63) is 43.1 Å². The molecule has 0 bridgehead atoms. The van der Waals surface area contributed by atoms with Crippen molar-refractivity contribution < 1.29 is 23.1 Å². The first-order valence-electron chi connectivity index (χ1n) is 8.63. The van der Waals surface area contributed by atoms with Crippen LogP contribution in [0, 0.1) is 5.92 Å². The number of carbonyl (C=O) groups is 1. The maximum atomic E-state index is 12.6. The van der Waals surface area contributed by atoms with Crippen molar-refractivity contribution in [1.82, 2.24) is 18.4 Å². The molecule has 1 aromatic heterocycles. The summed E-state index contributed by atoms with van der Waals surface area (Å²) in [5.74, 6) is -1.33. The minimum absolute atomic E-state index is 0.00949. The Morgan fingerprint density at radius 1 is 1.39 bits per heavy atom. The van der Waals surface area contributed by atoms with Crippen molar-refractivity contribution >= 4 is 34.5 Å². The molecule has 1 aromatic rings. The Morgan fingerprint density at radius 2 is 2.04 bits per heavy atom. The van der Waals surface area contributed by atoms with Crippen LogP contribution in [0.2, 0.25) is 0 Å². The van der Waals surface area contributed by atoms with E-state index in [1.807, 2.05) is 13.8 Å². The molecule has 0 amide bonds. The van der Waals surface area contributed by atoms with E-state index in [9.17, 15) is 23.1 Å². The molecule has 0 fully saturated rings. The molecular weight excluding hydrogens is 488 g/mol. The van der Waals surface area contributed by atoms with Gasteiger partial charge < -0.3 is 13.5 Å². The van der Waals surface area contributed by atoms with E-state index in [1.54, 1.807) is 22.9 Å². The van der Waals surface area contributed by atoms with Crippen LogP contribution >= 0.6 is 22.9 Å². The van der Waals surface area contributed by atoms with Gasteiger partial charge in [-0.3, -0.25) is 9.97 Å². The number of carboxylic acid groups (broad SMARTS) is 1. The summed E-state index contributed by atoms with van der Waals surface area (Å²) >= 11 is 1.71. The lowest BCUT2D eigenvalue weighted by Crippen LogP contribution is -2.44. The van der Waals surface area contributed by atoms with Crippen molar-refractivity contribution in [2.24, 2.45) is 5.92 Å². The summed E-state index contributed by atoms with van der Waals surface area (Å²) in [4.78, 5) is 19.7. The molecule has 1 rings (SSSR count). The summed E-state index contributed by atoms with van der Waals surface area (Å²) in [6.07, 6.45) is -0.902. The van der Waals surface area contributed by atoms with Gasteiger partial charge in [-0.2, -0.15) is 13.2 Å². The predicted molar refractivity (Wildman–Crippen MR) is 109 cm³/mol. The monoisotopic (exact) mass is 512 g/mol. The number of aliphatic carboxylic acids is 1. The fraction of sp³-hybridized carbons (Fsp3) is 0.500. The Labute approximate surface area is 176 Å². The average molecular weight is 512 g/mol. The van der Waals surface area contributed by atoms with E-state index in [0.29, 0.717) is 17.1 Å². The third-order valence-electron chi connectivity index (χ3n) is 4.31. The summed E-state index contributed by atoms with van der Waals surface area (Å²) in [7, 11) is 0. The molecule has 3 atom stereocenters. The Morgan fingerprint density at radius 3 is 2.50 bits per heavy atom. The molecule has 1 unspecified atom stereocenters. The number of nitrogens with zero attached hydrogens (tertiary/aromatic N) is 3. The number of carboxylic acids is 1. The summed E-state index contributed by atoms with van der Waals surface area (Å²) in [6, 6.07) is -1.79. The normalized spacial score (nSPS) is 14.6. The lowest BCUT2D eigenvalue weighted by molar-refractivity contribution is -0.147. The zero-order valence-corrected chi connectivity index (χ0v) is 17.9. The molecule has 0 saturated carbocycles. The standard InChI is InChI=1S/C18H24F3IN4O2/c1-5-11(2)16(25-12(3)14-10-23-8-9-24-14)13(4)26(22)15(17(27)28)6-7-18(19,20)21/h8-11,15-16,25H,3-7H2,1-2H3,(H,27,28)/t11-,15-,16?/m0/s1. The quantitative estimate of drug-likeness (QED) is 0.338. The first-order chi connectivity index (χ1) is 13.0. The third-order valence-corrected chi connectivity index (χ3v) is 5.60. The van der Waals surface area contributed by atoms with Gasteiger partial charge in [-0.15, -0.1) is 0 Å². The second-order valence-corrected chi connectivity index (χ2v) is 7.43. The molecule has 0 aliphatic heterocycles. The highest BCUT2D eigenvalue weighted by molar-refractivity contribution is 14.1. The number of rotatable bonds is 11. The van der Waals surface area contributed by atoms with Crippen LogP contribution in [-0.2, 0) is 4.79 Å². The smallest absolute Gasteiger partial charge is 0.389 e. The van der Waals surface area contributed by atoms with Gasteiger partial charge in [-0.25, -0.2) is 4.79 Å². The number of aromatic nitrogens is 2. The first-order valence-corrected chi connectivity index (χ1v) is 9.59. The maximum absolute atomic E-state index is 12.6.